The quantitative estimate of drug-likeness (QED) is 0.271. The predicted octanol–water partition coefficient (Wildman–Crippen LogP) is 4.89. The Hall–Kier alpha value is -5.48. The van der Waals surface area contributed by atoms with E-state index in [0.717, 1.165) is 16.9 Å². The van der Waals surface area contributed by atoms with Crippen LogP contribution >= 0.6 is 11.6 Å². The highest BCUT2D eigenvalue weighted by atomic mass is 35.5. The molecule has 1 aromatic carbocycles. The molecule has 0 aliphatic carbocycles. The van der Waals surface area contributed by atoms with Crippen molar-refractivity contribution in [1.82, 2.24) is 39.2 Å². The van der Waals surface area contributed by atoms with Crippen molar-refractivity contribution in [3.63, 3.8) is 0 Å². The summed E-state index contributed by atoms with van der Waals surface area (Å²) in [5, 5.41) is 29.0. The van der Waals surface area contributed by atoms with E-state index in [1.54, 1.807) is 77.7 Å². The van der Waals surface area contributed by atoms with Gasteiger partial charge >= 0.3 is 6.09 Å². The summed E-state index contributed by atoms with van der Waals surface area (Å²) in [5.74, 6) is 0.424. The maximum absolute atomic E-state index is 14.0. The predicted molar refractivity (Wildman–Crippen MR) is 176 cm³/mol. The van der Waals surface area contributed by atoms with Crippen molar-refractivity contribution in [2.24, 2.45) is 7.05 Å². The minimum absolute atomic E-state index is 0.301. The van der Waals surface area contributed by atoms with Gasteiger partial charge < -0.3 is 14.9 Å². The second kappa shape index (κ2) is 12.4. The smallest absolute Gasteiger partial charge is 0.408 e. The van der Waals surface area contributed by atoms with Crippen molar-refractivity contribution >= 4 is 34.9 Å². The van der Waals surface area contributed by atoms with Gasteiger partial charge in [0, 0.05) is 67.3 Å². The van der Waals surface area contributed by atoms with Crippen LogP contribution in [0, 0.1) is 11.3 Å². The molecule has 1 N–H and O–H groups in total. The summed E-state index contributed by atoms with van der Waals surface area (Å²) in [6.45, 7) is 7.07. The number of aryl methyl sites for hydroxylation is 1. The molecule has 1 aliphatic rings. The van der Waals surface area contributed by atoms with Crippen LogP contribution < -0.4 is 4.90 Å². The van der Waals surface area contributed by atoms with Crippen molar-refractivity contribution in [3.05, 3.63) is 83.5 Å². The normalized spacial score (nSPS) is 14.2. The summed E-state index contributed by atoms with van der Waals surface area (Å²) >= 11 is 6.26. The third kappa shape index (κ3) is 6.19. The molecule has 13 nitrogen and oxygen atoms in total. The molecule has 1 saturated heterocycles. The number of aromatic nitrogens is 6. The summed E-state index contributed by atoms with van der Waals surface area (Å²) in [7, 11) is 1.83. The van der Waals surface area contributed by atoms with Gasteiger partial charge in [-0.1, -0.05) is 23.7 Å². The monoisotopic (exact) mass is 652 g/mol. The van der Waals surface area contributed by atoms with Crippen LogP contribution in [-0.2, 0) is 11.8 Å². The number of piperazine rings is 1. The lowest BCUT2D eigenvalue weighted by Gasteiger charge is -2.43. The summed E-state index contributed by atoms with van der Waals surface area (Å²) < 4.78 is 3.34. The van der Waals surface area contributed by atoms with Gasteiger partial charge in [-0.05, 0) is 50.6 Å². The molecule has 14 heteroatoms. The number of halogens is 1. The highest BCUT2D eigenvalue weighted by molar-refractivity contribution is 6.30. The third-order valence-electron chi connectivity index (χ3n) is 8.14. The molecule has 6 rings (SSSR count). The largest absolute Gasteiger partial charge is 0.465 e. The van der Waals surface area contributed by atoms with Crippen LogP contribution in [0.1, 0.15) is 37.9 Å². The zero-order valence-corrected chi connectivity index (χ0v) is 27.1. The number of carboxylic acid groups (broad SMARTS) is 1. The Morgan fingerprint density at radius 1 is 1.02 bits per heavy atom. The van der Waals surface area contributed by atoms with E-state index >= 15 is 0 Å². The summed E-state index contributed by atoms with van der Waals surface area (Å²) in [6.07, 6.45) is 7.40. The van der Waals surface area contributed by atoms with Crippen LogP contribution in [0.5, 0.6) is 0 Å². The zero-order chi connectivity index (χ0) is 33.5. The number of carbonyl (C=O) groups excluding carboxylic acids is 1. The van der Waals surface area contributed by atoms with Gasteiger partial charge in [0.2, 0.25) is 5.91 Å². The SMILES string of the molecule is Cn1cc(-c2cn3ncc(C#N)c3c(-c3ccc(N4CCN(C(=O)C(c5cccc(Cl)c5)N(C(=O)O)C(C)(C)C)CC4)nc3)n2)cn1. The van der Waals surface area contributed by atoms with E-state index < -0.39 is 17.7 Å². The molecule has 5 aromatic rings. The van der Waals surface area contributed by atoms with Gasteiger partial charge in [-0.3, -0.25) is 14.4 Å². The van der Waals surface area contributed by atoms with Gasteiger partial charge in [-0.2, -0.15) is 15.5 Å². The molecule has 1 atom stereocenters. The zero-order valence-electron chi connectivity index (χ0n) is 26.4. The van der Waals surface area contributed by atoms with E-state index in [1.807, 2.05) is 25.4 Å². The standard InChI is InChI=1S/C33H33ClN10O3/c1-33(2,3)44(32(46)47)30(21-6-5-7-25(34)14-21)31(45)42-12-10-41(11-13-42)27-9-8-22(16-36-27)28-29-23(15-35)17-38-43(29)20-26(39-28)24-18-37-40(4)19-24/h5-9,14,16-20,30H,10-13H2,1-4H3,(H,46,47). The molecule has 1 unspecified atom stereocenters. The summed E-state index contributed by atoms with van der Waals surface area (Å²) in [5.41, 5.74) is 3.42. The number of nitrogens with zero attached hydrogens (tertiary/aromatic N) is 10. The van der Waals surface area contributed by atoms with Crippen molar-refractivity contribution in [3.8, 4) is 28.6 Å². The molecule has 0 saturated carbocycles. The second-order valence-corrected chi connectivity index (χ2v) is 12.8. The number of rotatable bonds is 6. The lowest BCUT2D eigenvalue weighted by molar-refractivity contribution is -0.138. The van der Waals surface area contributed by atoms with Crippen LogP contribution in [0.15, 0.2) is 67.4 Å². The van der Waals surface area contributed by atoms with E-state index in [4.69, 9.17) is 21.6 Å². The number of carbonyl (C=O) groups is 2. The van der Waals surface area contributed by atoms with Gasteiger partial charge in [0.1, 0.15) is 29.0 Å². The Bertz CT molecular complexity index is 2000. The fourth-order valence-corrected chi connectivity index (χ4v) is 6.09. The number of hydrogen-bond donors (Lipinski definition) is 1. The number of benzene rings is 1. The van der Waals surface area contributed by atoms with Crippen LogP contribution in [-0.4, -0.2) is 88.0 Å². The molecular formula is C33H33ClN10O3. The number of pyridine rings is 1. The summed E-state index contributed by atoms with van der Waals surface area (Å²) in [6, 6.07) is 11.7. The number of hydrogen-bond acceptors (Lipinski definition) is 8. The van der Waals surface area contributed by atoms with Crippen molar-refractivity contribution in [1.29, 1.82) is 5.26 Å². The molecule has 0 bridgehead atoms. The number of anilines is 1. The topological polar surface area (TPSA) is 149 Å². The first kappa shape index (κ1) is 31.5. The average molecular weight is 653 g/mol. The van der Waals surface area contributed by atoms with Gasteiger partial charge in [-0.15, -0.1) is 0 Å². The summed E-state index contributed by atoms with van der Waals surface area (Å²) in [4.78, 5) is 41.1. The Morgan fingerprint density at radius 2 is 1.79 bits per heavy atom. The highest BCUT2D eigenvalue weighted by Crippen LogP contribution is 2.33. The van der Waals surface area contributed by atoms with E-state index in [-0.39, 0.29) is 5.91 Å². The van der Waals surface area contributed by atoms with Gasteiger partial charge in [0.05, 0.1) is 30.0 Å². The molecule has 5 heterocycles. The first-order chi connectivity index (χ1) is 22.4. The Kier molecular flexibility index (Phi) is 8.29. The maximum Gasteiger partial charge on any atom is 0.408 e. The van der Waals surface area contributed by atoms with E-state index in [1.165, 1.54) is 11.1 Å². The van der Waals surface area contributed by atoms with Gasteiger partial charge in [-0.25, -0.2) is 19.3 Å². The van der Waals surface area contributed by atoms with Gasteiger partial charge in [0.25, 0.3) is 0 Å². The van der Waals surface area contributed by atoms with Crippen molar-refractivity contribution in [2.75, 3.05) is 31.1 Å². The van der Waals surface area contributed by atoms with E-state index in [2.05, 4.69) is 21.2 Å². The van der Waals surface area contributed by atoms with Crippen molar-refractivity contribution in [2.45, 2.75) is 32.4 Å². The number of nitriles is 1. The lowest BCUT2D eigenvalue weighted by Crippen LogP contribution is -2.56. The minimum atomic E-state index is -1.19. The molecule has 1 fully saturated rings. The fraction of sp³-hybridized carbons (Fsp3) is 0.303. The average Bonchev–Trinajstić information content (AvgIpc) is 3.68. The van der Waals surface area contributed by atoms with E-state index in [0.29, 0.717) is 59.2 Å². The molecule has 47 heavy (non-hydrogen) atoms. The van der Waals surface area contributed by atoms with Crippen LogP contribution in [0.3, 0.4) is 0 Å². The lowest BCUT2D eigenvalue weighted by atomic mass is 9.97. The maximum atomic E-state index is 14.0. The first-order valence-electron chi connectivity index (χ1n) is 15.0. The van der Waals surface area contributed by atoms with Crippen LogP contribution in [0.25, 0.3) is 28.0 Å². The Morgan fingerprint density at radius 3 is 2.38 bits per heavy atom. The Balaban J connectivity index is 1.23. The van der Waals surface area contributed by atoms with Crippen LogP contribution in [0.4, 0.5) is 10.6 Å². The van der Waals surface area contributed by atoms with Crippen molar-refractivity contribution < 1.29 is 14.7 Å². The fourth-order valence-electron chi connectivity index (χ4n) is 5.90. The third-order valence-corrected chi connectivity index (χ3v) is 8.37. The second-order valence-electron chi connectivity index (χ2n) is 12.3. The molecule has 4 aromatic heterocycles. The Labute approximate surface area is 276 Å². The molecule has 0 spiro atoms. The van der Waals surface area contributed by atoms with Gasteiger partial charge in [0.15, 0.2) is 0 Å². The molecular weight excluding hydrogens is 620 g/mol. The number of amides is 2. The minimum Gasteiger partial charge on any atom is -0.465 e. The molecule has 0 radical (unpaired) electrons. The van der Waals surface area contributed by atoms with E-state index in [9.17, 15) is 20.0 Å². The first-order valence-corrected chi connectivity index (χ1v) is 15.4. The number of fused-ring (bicyclic) bond motifs is 1. The van der Waals surface area contributed by atoms with Crippen LogP contribution in [0.2, 0.25) is 5.02 Å². The molecule has 2 amide bonds. The highest BCUT2D eigenvalue weighted by Gasteiger charge is 2.41. The molecule has 240 valence electrons. The molecule has 1 aliphatic heterocycles.